The van der Waals surface area contributed by atoms with E-state index in [9.17, 15) is 4.39 Å². The molecule has 0 bridgehead atoms. The Morgan fingerprint density at radius 1 is 1.40 bits per heavy atom. The standard InChI is InChI=1S/C12H15FN2/c1-15-8-11(9(6-13)7-14)10-4-2-3-5-12(10)15/h2-5,8-9H,6-7,14H2,1H3. The number of fused-ring (bicyclic) bond motifs is 1. The fourth-order valence-corrected chi connectivity index (χ4v) is 1.97. The van der Waals surface area contributed by atoms with Gasteiger partial charge in [-0.1, -0.05) is 18.2 Å². The monoisotopic (exact) mass is 206 g/mol. The smallest absolute Gasteiger partial charge is 0.0975 e. The van der Waals surface area contributed by atoms with Crippen LogP contribution in [0.15, 0.2) is 30.5 Å². The average Bonchev–Trinajstić information content (AvgIpc) is 2.60. The maximum Gasteiger partial charge on any atom is 0.0975 e. The predicted molar refractivity (Wildman–Crippen MR) is 60.7 cm³/mol. The fraction of sp³-hybridized carbons (Fsp3) is 0.333. The van der Waals surface area contributed by atoms with Gasteiger partial charge in [-0.25, -0.2) is 0 Å². The van der Waals surface area contributed by atoms with Gasteiger partial charge in [-0.05, 0) is 11.6 Å². The number of para-hydroxylation sites is 1. The molecule has 1 heterocycles. The Balaban J connectivity index is 2.61. The maximum absolute atomic E-state index is 12.8. The molecule has 0 aliphatic rings. The number of nitrogens with two attached hydrogens (primary N) is 1. The van der Waals surface area contributed by atoms with Gasteiger partial charge in [-0.15, -0.1) is 0 Å². The van der Waals surface area contributed by atoms with Gasteiger partial charge in [-0.2, -0.15) is 0 Å². The first-order chi connectivity index (χ1) is 7.27. The van der Waals surface area contributed by atoms with Crippen molar-refractivity contribution >= 4 is 10.9 Å². The molecule has 0 amide bonds. The lowest BCUT2D eigenvalue weighted by Gasteiger charge is -2.08. The van der Waals surface area contributed by atoms with Crippen molar-refractivity contribution in [2.45, 2.75) is 5.92 Å². The molecule has 1 aromatic carbocycles. The van der Waals surface area contributed by atoms with Crippen molar-refractivity contribution in [3.8, 4) is 0 Å². The van der Waals surface area contributed by atoms with Gasteiger partial charge in [0.15, 0.2) is 0 Å². The molecule has 0 fully saturated rings. The molecule has 2 nitrogen and oxygen atoms in total. The molecule has 0 spiro atoms. The lowest BCUT2D eigenvalue weighted by atomic mass is 10.0. The third-order valence-corrected chi connectivity index (χ3v) is 2.84. The van der Waals surface area contributed by atoms with E-state index in [1.54, 1.807) is 0 Å². The molecule has 0 saturated carbocycles. The van der Waals surface area contributed by atoms with E-state index >= 15 is 0 Å². The van der Waals surface area contributed by atoms with Gasteiger partial charge in [0.2, 0.25) is 0 Å². The Labute approximate surface area is 88.5 Å². The zero-order chi connectivity index (χ0) is 10.8. The molecular weight excluding hydrogens is 191 g/mol. The minimum absolute atomic E-state index is 0.184. The summed E-state index contributed by atoms with van der Waals surface area (Å²) in [5.74, 6) is -0.184. The quantitative estimate of drug-likeness (QED) is 0.820. The number of hydrogen-bond donors (Lipinski definition) is 1. The first-order valence-electron chi connectivity index (χ1n) is 5.08. The topological polar surface area (TPSA) is 30.9 Å². The Morgan fingerprint density at radius 3 is 2.80 bits per heavy atom. The third-order valence-electron chi connectivity index (χ3n) is 2.84. The molecule has 0 radical (unpaired) electrons. The molecule has 0 saturated heterocycles. The Kier molecular flexibility index (Phi) is 2.73. The number of halogens is 1. The SMILES string of the molecule is Cn1cc(C(CN)CF)c2ccccc21. The zero-order valence-corrected chi connectivity index (χ0v) is 8.78. The molecule has 2 N–H and O–H groups in total. The number of aryl methyl sites for hydroxylation is 1. The van der Waals surface area contributed by atoms with Crippen LogP contribution in [0.2, 0.25) is 0 Å². The van der Waals surface area contributed by atoms with Crippen LogP contribution in [0.25, 0.3) is 10.9 Å². The van der Waals surface area contributed by atoms with Crippen LogP contribution in [0.1, 0.15) is 11.5 Å². The summed E-state index contributed by atoms with van der Waals surface area (Å²) in [7, 11) is 1.97. The van der Waals surface area contributed by atoms with Crippen LogP contribution >= 0.6 is 0 Å². The largest absolute Gasteiger partial charge is 0.350 e. The molecular formula is C12H15FN2. The summed E-state index contributed by atoms with van der Waals surface area (Å²) in [5, 5.41) is 1.10. The van der Waals surface area contributed by atoms with Gasteiger partial charge >= 0.3 is 0 Å². The second kappa shape index (κ2) is 4.03. The number of nitrogens with zero attached hydrogens (tertiary/aromatic N) is 1. The summed E-state index contributed by atoms with van der Waals surface area (Å²) < 4.78 is 14.8. The number of benzene rings is 1. The summed E-state index contributed by atoms with van der Waals surface area (Å²) in [6.07, 6.45) is 1.97. The summed E-state index contributed by atoms with van der Waals surface area (Å²) in [6, 6.07) is 8.00. The lowest BCUT2D eigenvalue weighted by molar-refractivity contribution is 0.435. The number of alkyl halides is 1. The van der Waals surface area contributed by atoms with Crippen molar-refractivity contribution < 1.29 is 4.39 Å². The average molecular weight is 206 g/mol. The molecule has 15 heavy (non-hydrogen) atoms. The van der Waals surface area contributed by atoms with Gasteiger partial charge in [0.05, 0.1) is 6.67 Å². The number of hydrogen-bond acceptors (Lipinski definition) is 1. The minimum Gasteiger partial charge on any atom is -0.350 e. The molecule has 1 atom stereocenters. The summed E-state index contributed by atoms with van der Waals surface area (Å²) in [4.78, 5) is 0. The van der Waals surface area contributed by atoms with E-state index in [0.29, 0.717) is 6.54 Å². The fourth-order valence-electron chi connectivity index (χ4n) is 1.97. The van der Waals surface area contributed by atoms with E-state index in [0.717, 1.165) is 16.5 Å². The molecule has 80 valence electrons. The van der Waals surface area contributed by atoms with Crippen LogP contribution in [-0.4, -0.2) is 17.8 Å². The van der Waals surface area contributed by atoms with E-state index in [1.165, 1.54) is 0 Å². The first-order valence-corrected chi connectivity index (χ1v) is 5.08. The van der Waals surface area contributed by atoms with E-state index in [2.05, 4.69) is 0 Å². The lowest BCUT2D eigenvalue weighted by Crippen LogP contribution is -2.13. The van der Waals surface area contributed by atoms with Gasteiger partial charge in [0.25, 0.3) is 0 Å². The van der Waals surface area contributed by atoms with E-state index in [1.807, 2.05) is 42.1 Å². The highest BCUT2D eigenvalue weighted by Gasteiger charge is 2.15. The van der Waals surface area contributed by atoms with Crippen molar-refractivity contribution in [1.82, 2.24) is 4.57 Å². The van der Waals surface area contributed by atoms with Crippen LogP contribution in [-0.2, 0) is 7.05 Å². The van der Waals surface area contributed by atoms with Crippen molar-refractivity contribution in [2.75, 3.05) is 13.2 Å². The highest BCUT2D eigenvalue weighted by atomic mass is 19.1. The van der Waals surface area contributed by atoms with Gasteiger partial charge in [0.1, 0.15) is 0 Å². The Bertz CT molecular complexity index is 458. The highest BCUT2D eigenvalue weighted by molar-refractivity contribution is 5.84. The minimum atomic E-state index is -0.398. The molecule has 1 aromatic heterocycles. The van der Waals surface area contributed by atoms with E-state index in [4.69, 9.17) is 5.73 Å². The summed E-state index contributed by atoms with van der Waals surface area (Å²) in [6.45, 7) is -0.0466. The number of aromatic nitrogens is 1. The molecule has 1 unspecified atom stereocenters. The second-order valence-electron chi connectivity index (χ2n) is 3.80. The van der Waals surface area contributed by atoms with Gasteiger partial charge in [0, 0.05) is 36.6 Å². The Hall–Kier alpha value is -1.35. The van der Waals surface area contributed by atoms with Crippen molar-refractivity contribution in [1.29, 1.82) is 0 Å². The Morgan fingerprint density at radius 2 is 2.13 bits per heavy atom. The molecule has 0 aliphatic carbocycles. The van der Waals surface area contributed by atoms with Crippen LogP contribution in [0.5, 0.6) is 0 Å². The van der Waals surface area contributed by atoms with Crippen molar-refractivity contribution in [2.24, 2.45) is 12.8 Å². The van der Waals surface area contributed by atoms with Crippen LogP contribution < -0.4 is 5.73 Å². The third kappa shape index (κ3) is 1.63. The first kappa shape index (κ1) is 10.2. The van der Waals surface area contributed by atoms with Gasteiger partial charge in [-0.3, -0.25) is 4.39 Å². The van der Waals surface area contributed by atoms with E-state index in [-0.39, 0.29) is 5.92 Å². The van der Waals surface area contributed by atoms with Crippen molar-refractivity contribution in [3.05, 3.63) is 36.0 Å². The highest BCUT2D eigenvalue weighted by Crippen LogP contribution is 2.26. The van der Waals surface area contributed by atoms with Crippen LogP contribution in [0.4, 0.5) is 4.39 Å². The molecule has 2 aromatic rings. The molecule has 0 aliphatic heterocycles. The summed E-state index contributed by atoms with van der Waals surface area (Å²) in [5.41, 5.74) is 7.70. The molecule has 3 heteroatoms. The second-order valence-corrected chi connectivity index (χ2v) is 3.80. The van der Waals surface area contributed by atoms with E-state index < -0.39 is 6.67 Å². The summed E-state index contributed by atoms with van der Waals surface area (Å²) >= 11 is 0. The van der Waals surface area contributed by atoms with Gasteiger partial charge < -0.3 is 10.3 Å². The zero-order valence-electron chi connectivity index (χ0n) is 8.78. The molecule has 2 rings (SSSR count). The normalized spacial score (nSPS) is 13.3. The van der Waals surface area contributed by atoms with Crippen LogP contribution in [0.3, 0.4) is 0 Å². The van der Waals surface area contributed by atoms with Crippen LogP contribution in [0, 0.1) is 0 Å². The maximum atomic E-state index is 12.8. The number of rotatable bonds is 3. The predicted octanol–water partition coefficient (Wildman–Crippen LogP) is 2.19. The van der Waals surface area contributed by atoms with Crippen molar-refractivity contribution in [3.63, 3.8) is 0 Å².